The highest BCUT2D eigenvalue weighted by molar-refractivity contribution is 5.70. The van der Waals surface area contributed by atoms with Crippen molar-refractivity contribution in [1.82, 2.24) is 4.98 Å². The van der Waals surface area contributed by atoms with E-state index in [0.717, 1.165) is 0 Å². The zero-order valence-corrected chi connectivity index (χ0v) is 4.16. The summed E-state index contributed by atoms with van der Waals surface area (Å²) in [6.07, 6.45) is 5.40. The largest absolute Gasteiger partial charge is 0.296 e. The van der Waals surface area contributed by atoms with Crippen LogP contribution in [0.3, 0.4) is 0 Å². The molecule has 1 aromatic rings. The Morgan fingerprint density at radius 3 is 3.00 bits per heavy atom. The molecule has 0 fully saturated rings. The normalized spacial score (nSPS) is 8.50. The van der Waals surface area contributed by atoms with Crippen LogP contribution in [0.5, 0.6) is 0 Å². The van der Waals surface area contributed by atoms with E-state index in [1.807, 2.05) is 0 Å². The highest BCUT2D eigenvalue weighted by Crippen LogP contribution is 1.76. The first-order chi connectivity index (χ1) is 3.93. The summed E-state index contributed by atoms with van der Waals surface area (Å²) in [5.41, 5.74) is 0.424. The Labute approximate surface area is 46.4 Å². The van der Waals surface area contributed by atoms with Gasteiger partial charge in [-0.3, -0.25) is 4.79 Å². The van der Waals surface area contributed by atoms with E-state index in [9.17, 15) is 4.79 Å². The van der Waals surface area contributed by atoms with Gasteiger partial charge in [0.2, 0.25) is 0 Å². The standard InChI is InChI=1S/C5H4N2O/c8-4-5-3-6-1-2-7-5/h1-4H/p+1. The molecule has 8 heavy (non-hydrogen) atoms. The minimum Gasteiger partial charge on any atom is -0.296 e. The molecule has 0 saturated carbocycles. The van der Waals surface area contributed by atoms with Crippen molar-refractivity contribution >= 4 is 6.29 Å². The fraction of sp³-hybridized carbons (Fsp3) is 0. The predicted molar refractivity (Wildman–Crippen MR) is 26.2 cm³/mol. The first-order valence-electron chi connectivity index (χ1n) is 2.21. The van der Waals surface area contributed by atoms with Gasteiger partial charge >= 0.3 is 0 Å². The number of aromatic amines is 1. The zero-order valence-electron chi connectivity index (χ0n) is 4.16. The molecular weight excluding hydrogens is 104 g/mol. The van der Waals surface area contributed by atoms with Gasteiger partial charge in [-0.2, -0.15) is 0 Å². The van der Waals surface area contributed by atoms with E-state index in [2.05, 4.69) is 9.97 Å². The molecule has 1 N–H and O–H groups in total. The molecule has 0 aliphatic rings. The summed E-state index contributed by atoms with van der Waals surface area (Å²) in [5, 5.41) is 0. The van der Waals surface area contributed by atoms with Crippen LogP contribution in [0.15, 0.2) is 18.6 Å². The number of aromatic nitrogens is 2. The lowest BCUT2D eigenvalue weighted by Crippen LogP contribution is -2.02. The summed E-state index contributed by atoms with van der Waals surface area (Å²) in [6, 6.07) is 0. The monoisotopic (exact) mass is 109 g/mol. The Balaban J connectivity index is 2.99. The second kappa shape index (κ2) is 2.16. The van der Waals surface area contributed by atoms with Crippen molar-refractivity contribution < 1.29 is 9.78 Å². The quantitative estimate of drug-likeness (QED) is 0.465. The van der Waals surface area contributed by atoms with E-state index < -0.39 is 0 Å². The highest BCUT2D eigenvalue weighted by atomic mass is 16.1. The Morgan fingerprint density at radius 1 is 1.75 bits per heavy atom. The minimum atomic E-state index is 0.424. The number of carbonyl (C=O) groups is 1. The fourth-order valence-electron chi connectivity index (χ4n) is 0.402. The molecule has 0 bridgehead atoms. The zero-order chi connectivity index (χ0) is 5.82. The molecule has 3 heteroatoms. The predicted octanol–water partition coefficient (Wildman–Crippen LogP) is -0.292. The van der Waals surface area contributed by atoms with Crippen LogP contribution in [0.25, 0.3) is 0 Å². The van der Waals surface area contributed by atoms with Crippen LogP contribution in [-0.4, -0.2) is 11.3 Å². The molecule has 0 radical (unpaired) electrons. The number of H-pyrrole nitrogens is 1. The van der Waals surface area contributed by atoms with Crippen molar-refractivity contribution in [3.8, 4) is 0 Å². The van der Waals surface area contributed by atoms with Crippen LogP contribution in [-0.2, 0) is 0 Å². The van der Waals surface area contributed by atoms with Crippen molar-refractivity contribution in [2.24, 2.45) is 0 Å². The van der Waals surface area contributed by atoms with Crippen molar-refractivity contribution in [3.63, 3.8) is 0 Å². The number of aldehydes is 1. The first-order valence-corrected chi connectivity index (χ1v) is 2.21. The third kappa shape index (κ3) is 0.872. The summed E-state index contributed by atoms with van der Waals surface area (Å²) < 4.78 is 0. The molecule has 0 aliphatic heterocycles. The van der Waals surface area contributed by atoms with E-state index in [1.54, 1.807) is 6.20 Å². The number of carbonyl (C=O) groups excluding carboxylic acids is 1. The van der Waals surface area contributed by atoms with Crippen molar-refractivity contribution in [2.75, 3.05) is 0 Å². The fourth-order valence-corrected chi connectivity index (χ4v) is 0.402. The molecule has 0 amide bonds. The number of nitrogens with zero attached hydrogens (tertiary/aromatic N) is 1. The summed E-state index contributed by atoms with van der Waals surface area (Å²) in [4.78, 5) is 16.3. The molecule has 0 atom stereocenters. The first kappa shape index (κ1) is 4.90. The summed E-state index contributed by atoms with van der Waals surface area (Å²) in [5.74, 6) is 0. The average Bonchev–Trinajstić information content (AvgIpc) is 1.90. The molecule has 0 unspecified atom stereocenters. The van der Waals surface area contributed by atoms with Crippen molar-refractivity contribution in [1.29, 1.82) is 0 Å². The molecule has 0 aliphatic carbocycles. The van der Waals surface area contributed by atoms with E-state index >= 15 is 0 Å². The summed E-state index contributed by atoms with van der Waals surface area (Å²) in [6.45, 7) is 0. The molecule has 0 saturated heterocycles. The molecule has 1 heterocycles. The minimum absolute atomic E-state index is 0.424. The maximum Gasteiger partial charge on any atom is 0.196 e. The molecule has 40 valence electrons. The van der Waals surface area contributed by atoms with Gasteiger partial charge in [-0.1, -0.05) is 0 Å². The second-order valence-electron chi connectivity index (χ2n) is 1.30. The van der Waals surface area contributed by atoms with Crippen LogP contribution < -0.4 is 4.98 Å². The Hall–Kier alpha value is -1.25. The Morgan fingerprint density at radius 2 is 2.62 bits per heavy atom. The van der Waals surface area contributed by atoms with Gasteiger partial charge in [-0.15, -0.1) is 0 Å². The summed E-state index contributed by atoms with van der Waals surface area (Å²) in [7, 11) is 0. The topological polar surface area (TPSA) is 44.1 Å². The maximum atomic E-state index is 9.92. The van der Waals surface area contributed by atoms with Crippen LogP contribution in [0, 0.1) is 0 Å². The number of rotatable bonds is 1. The third-order valence-corrected chi connectivity index (χ3v) is 0.746. The molecular formula is C5H5N2O+. The van der Waals surface area contributed by atoms with E-state index in [-0.39, 0.29) is 0 Å². The molecule has 0 spiro atoms. The smallest absolute Gasteiger partial charge is 0.196 e. The third-order valence-electron chi connectivity index (χ3n) is 0.746. The number of nitrogens with one attached hydrogen (secondary N) is 1. The lowest BCUT2D eigenvalue weighted by Gasteiger charge is -1.75. The van der Waals surface area contributed by atoms with Crippen LogP contribution >= 0.6 is 0 Å². The van der Waals surface area contributed by atoms with Gasteiger partial charge in [-0.05, 0) is 0 Å². The SMILES string of the molecule is O=Cc1c[nH+]ccn1. The second-order valence-corrected chi connectivity index (χ2v) is 1.30. The van der Waals surface area contributed by atoms with Gasteiger partial charge in [0.1, 0.15) is 0 Å². The number of hydrogen-bond acceptors (Lipinski definition) is 2. The van der Waals surface area contributed by atoms with Gasteiger partial charge in [0.15, 0.2) is 24.4 Å². The summed E-state index contributed by atoms with van der Waals surface area (Å²) >= 11 is 0. The van der Waals surface area contributed by atoms with E-state index in [1.165, 1.54) is 12.4 Å². The molecule has 1 aromatic heterocycles. The highest BCUT2D eigenvalue weighted by Gasteiger charge is 1.88. The molecule has 1 rings (SSSR count). The Kier molecular flexibility index (Phi) is 1.32. The van der Waals surface area contributed by atoms with Gasteiger partial charge in [0, 0.05) is 0 Å². The molecule has 3 nitrogen and oxygen atoms in total. The lowest BCUT2D eigenvalue weighted by molar-refractivity contribution is -0.379. The van der Waals surface area contributed by atoms with Crippen LogP contribution in [0.2, 0.25) is 0 Å². The van der Waals surface area contributed by atoms with Gasteiger partial charge in [0.25, 0.3) is 0 Å². The average molecular weight is 109 g/mol. The van der Waals surface area contributed by atoms with Crippen molar-refractivity contribution in [3.05, 3.63) is 24.3 Å². The number of hydrogen-bond donors (Lipinski definition) is 0. The van der Waals surface area contributed by atoms with Gasteiger partial charge in [-0.25, -0.2) is 9.97 Å². The Bertz CT molecular complexity index is 173. The van der Waals surface area contributed by atoms with Gasteiger partial charge in [0.05, 0.1) is 6.20 Å². The maximum absolute atomic E-state index is 9.92. The van der Waals surface area contributed by atoms with Crippen LogP contribution in [0.4, 0.5) is 0 Å². The van der Waals surface area contributed by atoms with Crippen LogP contribution in [0.1, 0.15) is 10.5 Å². The van der Waals surface area contributed by atoms with E-state index in [4.69, 9.17) is 0 Å². The van der Waals surface area contributed by atoms with Crippen molar-refractivity contribution in [2.45, 2.75) is 0 Å². The van der Waals surface area contributed by atoms with Gasteiger partial charge < -0.3 is 0 Å². The molecule has 0 aromatic carbocycles. The lowest BCUT2D eigenvalue weighted by atomic mass is 10.5. The van der Waals surface area contributed by atoms with E-state index in [0.29, 0.717) is 12.0 Å².